The lowest BCUT2D eigenvalue weighted by atomic mass is 10.0. The van der Waals surface area contributed by atoms with Gasteiger partial charge in [-0.25, -0.2) is 0 Å². The largest absolute Gasteiger partial charge is 0.493 e. The van der Waals surface area contributed by atoms with Gasteiger partial charge in [0.05, 0.1) is 12.2 Å². The lowest BCUT2D eigenvalue weighted by Crippen LogP contribution is -2.34. The van der Waals surface area contributed by atoms with Crippen molar-refractivity contribution >= 4 is 5.91 Å². The van der Waals surface area contributed by atoms with Crippen LogP contribution in [0, 0.1) is 0 Å². The molecule has 0 spiro atoms. The predicted octanol–water partition coefficient (Wildman–Crippen LogP) is 3.40. The van der Waals surface area contributed by atoms with Crippen molar-refractivity contribution in [3.8, 4) is 5.75 Å². The highest BCUT2D eigenvalue weighted by Crippen LogP contribution is 2.27. The normalized spacial score (nSPS) is 14.6. The number of pyridine rings is 1. The number of alkyl halides is 3. The lowest BCUT2D eigenvalue weighted by Gasteiger charge is -2.15. The number of halogens is 3. The maximum Gasteiger partial charge on any atom is 0.433 e. The van der Waals surface area contributed by atoms with Crippen molar-refractivity contribution in [2.75, 3.05) is 6.61 Å². The van der Waals surface area contributed by atoms with E-state index in [-0.39, 0.29) is 11.6 Å². The Labute approximate surface area is 143 Å². The number of hydrogen-bond donors (Lipinski definition) is 1. The number of fused-ring (bicyclic) bond motifs is 1. The third kappa shape index (κ3) is 4.10. The van der Waals surface area contributed by atoms with Crippen molar-refractivity contribution in [1.82, 2.24) is 10.3 Å². The first kappa shape index (κ1) is 17.3. The van der Waals surface area contributed by atoms with Crippen LogP contribution in [0.4, 0.5) is 13.2 Å². The minimum Gasteiger partial charge on any atom is -0.493 e. The van der Waals surface area contributed by atoms with Crippen LogP contribution in [0.3, 0.4) is 0 Å². The summed E-state index contributed by atoms with van der Waals surface area (Å²) in [6.07, 6.45) is -2.08. The van der Waals surface area contributed by atoms with Crippen molar-refractivity contribution in [2.24, 2.45) is 0 Å². The van der Waals surface area contributed by atoms with E-state index in [1.54, 1.807) is 0 Å². The molecule has 25 heavy (non-hydrogen) atoms. The molecule has 0 unspecified atom stereocenters. The van der Waals surface area contributed by atoms with Gasteiger partial charge in [0.15, 0.2) is 0 Å². The van der Waals surface area contributed by atoms with Crippen LogP contribution in [0.1, 0.15) is 34.1 Å². The zero-order chi connectivity index (χ0) is 18.0. The van der Waals surface area contributed by atoms with Crippen LogP contribution < -0.4 is 10.1 Å². The quantitative estimate of drug-likeness (QED) is 0.920. The summed E-state index contributed by atoms with van der Waals surface area (Å²) in [5, 5.41) is 2.78. The zero-order valence-electron chi connectivity index (χ0n) is 13.6. The number of carbonyl (C=O) groups excluding carboxylic acids is 1. The molecule has 1 aromatic heterocycles. The van der Waals surface area contributed by atoms with E-state index in [2.05, 4.69) is 16.4 Å². The van der Waals surface area contributed by atoms with E-state index < -0.39 is 17.8 Å². The van der Waals surface area contributed by atoms with E-state index in [9.17, 15) is 18.0 Å². The van der Waals surface area contributed by atoms with Gasteiger partial charge in [-0.05, 0) is 42.7 Å². The molecular formula is C18H17F3N2O2. The molecule has 0 bridgehead atoms. The molecular weight excluding hydrogens is 333 g/mol. The molecule has 7 heteroatoms. The van der Waals surface area contributed by atoms with Gasteiger partial charge in [0, 0.05) is 18.7 Å². The van der Waals surface area contributed by atoms with Crippen LogP contribution >= 0.6 is 0 Å². The first-order valence-corrected chi connectivity index (χ1v) is 7.91. The van der Waals surface area contributed by atoms with Crippen molar-refractivity contribution in [2.45, 2.75) is 32.0 Å². The van der Waals surface area contributed by atoms with E-state index in [0.717, 1.165) is 41.6 Å². The van der Waals surface area contributed by atoms with Crippen LogP contribution in [0.15, 0.2) is 36.5 Å². The van der Waals surface area contributed by atoms with E-state index in [1.807, 2.05) is 19.1 Å². The number of ether oxygens (including phenoxy) is 1. The molecule has 4 nitrogen and oxygen atoms in total. The maximum atomic E-state index is 12.5. The Bertz CT molecular complexity index is 773. The van der Waals surface area contributed by atoms with Gasteiger partial charge in [-0.3, -0.25) is 9.78 Å². The van der Waals surface area contributed by atoms with Crippen molar-refractivity contribution in [1.29, 1.82) is 0 Å². The zero-order valence-corrected chi connectivity index (χ0v) is 13.6. The number of nitrogens with one attached hydrogen (secondary N) is 1. The van der Waals surface area contributed by atoms with Gasteiger partial charge in [-0.2, -0.15) is 13.2 Å². The Morgan fingerprint density at radius 2 is 2.12 bits per heavy atom. The average molecular weight is 350 g/mol. The van der Waals surface area contributed by atoms with Gasteiger partial charge in [-0.15, -0.1) is 0 Å². The fourth-order valence-electron chi connectivity index (χ4n) is 2.77. The number of hydrogen-bond acceptors (Lipinski definition) is 3. The molecule has 1 N–H and O–H groups in total. The van der Waals surface area contributed by atoms with Gasteiger partial charge >= 0.3 is 6.18 Å². The second-order valence-corrected chi connectivity index (χ2v) is 6.05. The van der Waals surface area contributed by atoms with Crippen LogP contribution in [0.25, 0.3) is 0 Å². The highest BCUT2D eigenvalue weighted by Gasteiger charge is 2.32. The van der Waals surface area contributed by atoms with Gasteiger partial charge in [0.25, 0.3) is 5.91 Å². The maximum absolute atomic E-state index is 12.5. The Morgan fingerprint density at radius 3 is 2.80 bits per heavy atom. The number of amides is 1. The fourth-order valence-corrected chi connectivity index (χ4v) is 2.77. The smallest absolute Gasteiger partial charge is 0.433 e. The molecule has 132 valence electrons. The number of rotatable bonds is 4. The fraction of sp³-hybridized carbons (Fsp3) is 0.333. The highest BCUT2D eigenvalue weighted by molar-refractivity contribution is 5.94. The van der Waals surface area contributed by atoms with Crippen molar-refractivity contribution in [3.63, 3.8) is 0 Å². The summed E-state index contributed by atoms with van der Waals surface area (Å²) in [7, 11) is 0. The number of carbonyl (C=O) groups is 1. The minimum atomic E-state index is -4.51. The molecule has 0 aliphatic carbocycles. The van der Waals surface area contributed by atoms with Crippen LogP contribution in [-0.4, -0.2) is 23.5 Å². The lowest BCUT2D eigenvalue weighted by molar-refractivity contribution is -0.141. The highest BCUT2D eigenvalue weighted by atomic mass is 19.4. The van der Waals surface area contributed by atoms with Crippen LogP contribution in [-0.2, 0) is 19.0 Å². The number of aromatic nitrogens is 1. The molecule has 2 heterocycles. The first-order chi connectivity index (χ1) is 11.8. The molecule has 0 radical (unpaired) electrons. The predicted molar refractivity (Wildman–Crippen MR) is 85.5 cm³/mol. The molecule has 0 saturated carbocycles. The number of benzene rings is 1. The third-order valence-electron chi connectivity index (χ3n) is 3.99. The van der Waals surface area contributed by atoms with Gasteiger partial charge in [0.1, 0.15) is 11.4 Å². The standard InChI is InChI=1S/C18H17F3N2O2/c1-11(8-12-2-4-15-13(9-12)6-7-25-15)23-17(24)14-3-5-16(22-10-14)18(19,20)21/h2-5,9-11H,6-8H2,1H3,(H,23,24)/t11-/m1/s1. The Kier molecular flexibility index (Phi) is 4.65. The SMILES string of the molecule is C[C@H](Cc1ccc2c(c1)CCO2)NC(=O)c1ccc(C(F)(F)F)nc1. The Balaban J connectivity index is 1.60. The first-order valence-electron chi connectivity index (χ1n) is 7.91. The summed E-state index contributed by atoms with van der Waals surface area (Å²) in [5.41, 5.74) is 1.31. The molecule has 1 aliphatic rings. The topological polar surface area (TPSA) is 51.2 Å². The summed E-state index contributed by atoms with van der Waals surface area (Å²) in [5.74, 6) is 0.453. The minimum absolute atomic E-state index is 0.0993. The molecule has 1 aliphatic heterocycles. The Hall–Kier alpha value is -2.57. The van der Waals surface area contributed by atoms with Crippen molar-refractivity contribution in [3.05, 3.63) is 58.9 Å². The summed E-state index contributed by atoms with van der Waals surface area (Å²) in [6, 6.07) is 7.70. The summed E-state index contributed by atoms with van der Waals surface area (Å²) >= 11 is 0. The monoisotopic (exact) mass is 350 g/mol. The summed E-state index contributed by atoms with van der Waals surface area (Å²) in [6.45, 7) is 2.53. The second-order valence-electron chi connectivity index (χ2n) is 6.05. The van der Waals surface area contributed by atoms with Crippen LogP contribution in [0.5, 0.6) is 5.75 Å². The van der Waals surface area contributed by atoms with E-state index in [1.165, 1.54) is 0 Å². The van der Waals surface area contributed by atoms with Gasteiger partial charge in [-0.1, -0.05) is 12.1 Å². The number of nitrogens with zero attached hydrogens (tertiary/aromatic N) is 1. The summed E-state index contributed by atoms with van der Waals surface area (Å²) in [4.78, 5) is 15.4. The van der Waals surface area contributed by atoms with Crippen molar-refractivity contribution < 1.29 is 22.7 Å². The molecule has 0 saturated heterocycles. The molecule has 0 fully saturated rings. The second kappa shape index (κ2) is 6.74. The van der Waals surface area contributed by atoms with Gasteiger partial charge in [0.2, 0.25) is 0 Å². The molecule has 3 rings (SSSR count). The average Bonchev–Trinajstić information content (AvgIpc) is 3.01. The summed E-state index contributed by atoms with van der Waals surface area (Å²) < 4.78 is 42.9. The third-order valence-corrected chi connectivity index (χ3v) is 3.99. The Morgan fingerprint density at radius 1 is 1.32 bits per heavy atom. The molecule has 1 aromatic carbocycles. The molecule has 2 aromatic rings. The van der Waals surface area contributed by atoms with E-state index >= 15 is 0 Å². The molecule has 1 amide bonds. The molecule has 1 atom stereocenters. The van der Waals surface area contributed by atoms with E-state index in [4.69, 9.17) is 4.74 Å². The van der Waals surface area contributed by atoms with Gasteiger partial charge < -0.3 is 10.1 Å². The van der Waals surface area contributed by atoms with Crippen LogP contribution in [0.2, 0.25) is 0 Å². The van der Waals surface area contributed by atoms with E-state index in [0.29, 0.717) is 13.0 Å².